The molecule has 4 aromatic carbocycles. The summed E-state index contributed by atoms with van der Waals surface area (Å²) in [5, 5.41) is 18.8. The predicted molar refractivity (Wildman–Crippen MR) is 140 cm³/mol. The number of carbonyl (C=O) groups is 2. The highest BCUT2D eigenvalue weighted by atomic mass is 35.5. The van der Waals surface area contributed by atoms with Crippen molar-refractivity contribution in [2.24, 2.45) is 5.10 Å². The van der Waals surface area contributed by atoms with Gasteiger partial charge in [0.25, 0.3) is 11.8 Å². The minimum Gasteiger partial charge on any atom is -0.506 e. The molecule has 35 heavy (non-hydrogen) atoms. The van der Waals surface area contributed by atoms with Gasteiger partial charge >= 0.3 is 0 Å². The van der Waals surface area contributed by atoms with Crippen molar-refractivity contribution in [3.63, 3.8) is 0 Å². The van der Waals surface area contributed by atoms with Crippen LogP contribution in [0.25, 0.3) is 10.8 Å². The van der Waals surface area contributed by atoms with Crippen molar-refractivity contribution in [1.29, 1.82) is 0 Å². The zero-order chi connectivity index (χ0) is 24.8. The molecule has 0 aromatic heterocycles. The maximum absolute atomic E-state index is 12.9. The molecule has 0 aliphatic rings. The van der Waals surface area contributed by atoms with Crippen LogP contribution in [0.3, 0.4) is 0 Å². The first-order valence-corrected chi connectivity index (χ1v) is 11.5. The maximum atomic E-state index is 12.9. The Kier molecular flexibility index (Phi) is 7.65. The van der Waals surface area contributed by atoms with Crippen LogP contribution in [-0.2, 0) is 6.42 Å². The van der Waals surface area contributed by atoms with Crippen molar-refractivity contribution < 1.29 is 14.7 Å². The van der Waals surface area contributed by atoms with Gasteiger partial charge in [-0.1, -0.05) is 71.7 Å². The highest BCUT2D eigenvalue weighted by Crippen LogP contribution is 2.24. The Bertz CT molecular complexity index is 1440. The number of aromatic hydroxyl groups is 1. The topological polar surface area (TPSA) is 90.8 Å². The van der Waals surface area contributed by atoms with Gasteiger partial charge in [0.15, 0.2) is 0 Å². The van der Waals surface area contributed by atoms with E-state index in [4.69, 9.17) is 23.2 Å². The fourth-order valence-corrected chi connectivity index (χ4v) is 4.02. The van der Waals surface area contributed by atoms with Crippen LogP contribution >= 0.6 is 23.2 Å². The van der Waals surface area contributed by atoms with Crippen molar-refractivity contribution in [2.75, 3.05) is 6.54 Å². The van der Waals surface area contributed by atoms with Crippen LogP contribution in [0.5, 0.6) is 5.75 Å². The molecule has 0 aliphatic heterocycles. The number of hydrogen-bond donors (Lipinski definition) is 3. The molecule has 176 valence electrons. The van der Waals surface area contributed by atoms with E-state index in [1.807, 2.05) is 48.5 Å². The number of nitrogens with one attached hydrogen (secondary N) is 2. The molecular formula is C27H21Cl2N3O3. The fraction of sp³-hybridized carbons (Fsp3) is 0.0741. The van der Waals surface area contributed by atoms with Gasteiger partial charge in [0.05, 0.1) is 11.2 Å². The van der Waals surface area contributed by atoms with Crippen LogP contribution in [-0.4, -0.2) is 29.7 Å². The third kappa shape index (κ3) is 5.80. The molecule has 0 bridgehead atoms. The maximum Gasteiger partial charge on any atom is 0.271 e. The van der Waals surface area contributed by atoms with E-state index in [1.54, 1.807) is 12.1 Å². The highest BCUT2D eigenvalue weighted by Gasteiger charge is 2.12. The molecule has 0 aliphatic carbocycles. The average Bonchev–Trinajstić information content (AvgIpc) is 2.86. The molecule has 2 amide bonds. The summed E-state index contributed by atoms with van der Waals surface area (Å²) in [6.45, 7) is 0.452. The van der Waals surface area contributed by atoms with Gasteiger partial charge in [0, 0.05) is 28.3 Å². The number of halogens is 2. The van der Waals surface area contributed by atoms with Gasteiger partial charge in [0.2, 0.25) is 0 Å². The van der Waals surface area contributed by atoms with Crippen molar-refractivity contribution in [3.05, 3.63) is 111 Å². The number of carbonyl (C=O) groups excluding carboxylic acids is 2. The Morgan fingerprint density at radius 2 is 1.60 bits per heavy atom. The van der Waals surface area contributed by atoms with E-state index in [2.05, 4.69) is 15.8 Å². The molecular weight excluding hydrogens is 485 g/mol. The number of phenols is 1. The summed E-state index contributed by atoms with van der Waals surface area (Å²) in [7, 11) is 0. The monoisotopic (exact) mass is 505 g/mol. The normalized spacial score (nSPS) is 11.0. The second-order valence-corrected chi connectivity index (χ2v) is 8.52. The summed E-state index contributed by atoms with van der Waals surface area (Å²) in [5.41, 5.74) is 4.96. The van der Waals surface area contributed by atoms with Crippen LogP contribution < -0.4 is 10.7 Å². The van der Waals surface area contributed by atoms with E-state index < -0.39 is 5.91 Å². The van der Waals surface area contributed by atoms with Gasteiger partial charge < -0.3 is 10.4 Å². The van der Waals surface area contributed by atoms with E-state index in [9.17, 15) is 14.7 Å². The molecule has 0 spiro atoms. The van der Waals surface area contributed by atoms with Crippen molar-refractivity contribution >= 4 is 52.0 Å². The van der Waals surface area contributed by atoms with E-state index in [0.717, 1.165) is 21.9 Å². The summed E-state index contributed by atoms with van der Waals surface area (Å²) >= 11 is 12.1. The molecule has 0 unspecified atom stereocenters. The molecule has 3 N–H and O–H groups in total. The van der Waals surface area contributed by atoms with E-state index in [1.165, 1.54) is 24.4 Å². The zero-order valence-corrected chi connectivity index (χ0v) is 20.0. The Balaban J connectivity index is 1.47. The molecule has 0 atom stereocenters. The molecule has 0 radical (unpaired) electrons. The number of hydrazone groups is 1. The molecule has 4 rings (SSSR count). The number of nitrogens with zero attached hydrogens (tertiary/aromatic N) is 1. The summed E-state index contributed by atoms with van der Waals surface area (Å²) in [6.07, 6.45) is 2.14. The second kappa shape index (κ2) is 11.0. The van der Waals surface area contributed by atoms with Crippen LogP contribution in [0.15, 0.2) is 84.0 Å². The Morgan fingerprint density at radius 1 is 0.857 bits per heavy atom. The average molecular weight is 506 g/mol. The molecule has 4 aromatic rings. The van der Waals surface area contributed by atoms with Crippen molar-refractivity contribution in [1.82, 2.24) is 10.7 Å². The number of amides is 2. The van der Waals surface area contributed by atoms with Gasteiger partial charge in [-0.15, -0.1) is 0 Å². The number of fused-ring (bicyclic) bond motifs is 1. The summed E-state index contributed by atoms with van der Waals surface area (Å²) in [6, 6.07) is 22.7. The van der Waals surface area contributed by atoms with Gasteiger partial charge in [-0.25, -0.2) is 5.43 Å². The number of rotatable bonds is 7. The number of benzene rings is 4. The molecule has 0 saturated heterocycles. The first kappa shape index (κ1) is 24.3. The summed E-state index contributed by atoms with van der Waals surface area (Å²) in [5.74, 6) is -0.762. The molecule has 8 heteroatoms. The van der Waals surface area contributed by atoms with Crippen LogP contribution in [0.4, 0.5) is 0 Å². The van der Waals surface area contributed by atoms with Crippen molar-refractivity contribution in [2.45, 2.75) is 6.42 Å². The molecule has 0 fully saturated rings. The van der Waals surface area contributed by atoms with E-state index in [0.29, 0.717) is 23.6 Å². The Hall–Kier alpha value is -3.87. The minimum atomic E-state index is -0.470. The second-order valence-electron chi connectivity index (χ2n) is 7.71. The quantitative estimate of drug-likeness (QED) is 0.226. The summed E-state index contributed by atoms with van der Waals surface area (Å²) in [4.78, 5) is 25.2. The smallest absolute Gasteiger partial charge is 0.271 e. The van der Waals surface area contributed by atoms with Gasteiger partial charge in [-0.2, -0.15) is 5.10 Å². The molecule has 0 heterocycles. The fourth-order valence-electron chi connectivity index (χ4n) is 3.61. The van der Waals surface area contributed by atoms with Crippen LogP contribution in [0.2, 0.25) is 10.0 Å². The minimum absolute atomic E-state index is 0.0772. The van der Waals surface area contributed by atoms with Crippen LogP contribution in [0.1, 0.15) is 31.8 Å². The lowest BCUT2D eigenvalue weighted by atomic mass is 9.99. The number of hydrogen-bond acceptors (Lipinski definition) is 4. The third-order valence-electron chi connectivity index (χ3n) is 5.42. The Labute approximate surface area is 212 Å². The van der Waals surface area contributed by atoms with Gasteiger partial charge in [-0.05, 0) is 53.1 Å². The zero-order valence-electron chi connectivity index (χ0n) is 18.5. The lowest BCUT2D eigenvalue weighted by Crippen LogP contribution is -2.26. The largest absolute Gasteiger partial charge is 0.506 e. The Morgan fingerprint density at radius 3 is 2.37 bits per heavy atom. The van der Waals surface area contributed by atoms with Gasteiger partial charge in [-0.3, -0.25) is 9.59 Å². The predicted octanol–water partition coefficient (Wildman–Crippen LogP) is 5.59. The third-order valence-corrected chi connectivity index (χ3v) is 6.09. The lowest BCUT2D eigenvalue weighted by molar-refractivity contribution is 0.0947. The lowest BCUT2D eigenvalue weighted by Gasteiger charge is -2.10. The van der Waals surface area contributed by atoms with E-state index >= 15 is 0 Å². The van der Waals surface area contributed by atoms with Gasteiger partial charge in [0.1, 0.15) is 5.75 Å². The molecule has 6 nitrogen and oxygen atoms in total. The molecule has 0 saturated carbocycles. The SMILES string of the molecule is O=C(NN=Cc1ccc(C(=O)NCCc2ccccc2Cl)c2ccccc12)c1ccc(O)c(Cl)c1. The summed E-state index contributed by atoms with van der Waals surface area (Å²) < 4.78 is 0. The highest BCUT2D eigenvalue weighted by molar-refractivity contribution is 6.32. The van der Waals surface area contributed by atoms with Crippen molar-refractivity contribution in [3.8, 4) is 5.75 Å². The standard InChI is InChI=1S/C27H21Cl2N3O3/c28-23-8-4-1-5-17(23)13-14-30-27(35)22-11-9-19(20-6-2-3-7-21(20)22)16-31-32-26(34)18-10-12-25(33)24(29)15-18/h1-12,15-16,33H,13-14H2,(H,30,35)(H,32,34). The first-order valence-electron chi connectivity index (χ1n) is 10.8. The van der Waals surface area contributed by atoms with Crippen LogP contribution in [0, 0.1) is 0 Å². The first-order chi connectivity index (χ1) is 16.9. The van der Waals surface area contributed by atoms with E-state index in [-0.39, 0.29) is 22.2 Å². The number of phenolic OH excluding ortho intramolecular Hbond substituents is 1.